The maximum Gasteiger partial charge on any atom is 0.0923 e. The molecule has 3 aromatic rings. The van der Waals surface area contributed by atoms with Crippen LogP contribution >= 0.6 is 0 Å². The largest absolute Gasteiger partial charge is 0.345 e. The minimum Gasteiger partial charge on any atom is -0.345 e. The van der Waals surface area contributed by atoms with Gasteiger partial charge in [-0.15, -0.1) is 0 Å². The Morgan fingerprint density at radius 2 is 2.15 bits per heavy atom. The zero-order chi connectivity index (χ0) is 8.67. The van der Waals surface area contributed by atoms with Crippen molar-refractivity contribution in [2.24, 2.45) is 0 Å². The SMILES string of the molecule is c1cc2c(ccc3cnc[nH]c32)n1. The van der Waals surface area contributed by atoms with Gasteiger partial charge in [0.1, 0.15) is 0 Å². The second kappa shape index (κ2) is 2.29. The number of nitrogens with one attached hydrogen (secondary N) is 1. The fraction of sp³-hybridized carbons (Fsp3) is 0. The number of aromatic amines is 1. The van der Waals surface area contributed by atoms with Crippen molar-refractivity contribution < 1.29 is 0 Å². The van der Waals surface area contributed by atoms with Gasteiger partial charge >= 0.3 is 0 Å². The van der Waals surface area contributed by atoms with Gasteiger partial charge in [0.05, 0.1) is 17.4 Å². The van der Waals surface area contributed by atoms with Crippen molar-refractivity contribution in [1.29, 1.82) is 0 Å². The van der Waals surface area contributed by atoms with Gasteiger partial charge in [-0.2, -0.15) is 0 Å². The van der Waals surface area contributed by atoms with Gasteiger partial charge in [0.15, 0.2) is 0 Å². The van der Waals surface area contributed by atoms with Crippen LogP contribution in [0.3, 0.4) is 0 Å². The Hall–Kier alpha value is -1.90. The van der Waals surface area contributed by atoms with E-state index in [1.807, 2.05) is 30.6 Å². The second-order valence-corrected chi connectivity index (χ2v) is 2.96. The Bertz CT molecular complexity index is 568. The molecular formula is C10H7N3. The lowest BCUT2D eigenvalue weighted by atomic mass is 10.2. The van der Waals surface area contributed by atoms with Crippen molar-refractivity contribution in [2.45, 2.75) is 0 Å². The van der Waals surface area contributed by atoms with Crippen molar-refractivity contribution in [3.63, 3.8) is 0 Å². The van der Waals surface area contributed by atoms with Crippen LogP contribution in [-0.2, 0) is 0 Å². The lowest BCUT2D eigenvalue weighted by molar-refractivity contribution is 1.23. The van der Waals surface area contributed by atoms with E-state index in [2.05, 4.69) is 15.0 Å². The van der Waals surface area contributed by atoms with Crippen LogP contribution in [0.1, 0.15) is 0 Å². The van der Waals surface area contributed by atoms with Crippen molar-refractivity contribution >= 4 is 21.8 Å². The average Bonchev–Trinajstić information content (AvgIpc) is 2.65. The summed E-state index contributed by atoms with van der Waals surface area (Å²) in [5.74, 6) is 0. The molecule has 0 bridgehead atoms. The summed E-state index contributed by atoms with van der Waals surface area (Å²) in [6.45, 7) is 0. The molecule has 0 saturated heterocycles. The lowest BCUT2D eigenvalue weighted by Gasteiger charge is -1.97. The van der Waals surface area contributed by atoms with Crippen molar-refractivity contribution in [1.82, 2.24) is 15.0 Å². The Morgan fingerprint density at radius 1 is 1.15 bits per heavy atom. The molecule has 62 valence electrons. The van der Waals surface area contributed by atoms with Gasteiger partial charge in [-0.05, 0) is 18.2 Å². The molecule has 0 aliphatic rings. The van der Waals surface area contributed by atoms with Crippen LogP contribution in [0.4, 0.5) is 0 Å². The summed E-state index contributed by atoms with van der Waals surface area (Å²) in [6, 6.07) is 6.04. The van der Waals surface area contributed by atoms with Crippen LogP contribution in [-0.4, -0.2) is 15.0 Å². The van der Waals surface area contributed by atoms with E-state index in [1.165, 1.54) is 0 Å². The van der Waals surface area contributed by atoms with Crippen LogP contribution < -0.4 is 0 Å². The number of nitrogens with zero attached hydrogens (tertiary/aromatic N) is 2. The maximum atomic E-state index is 4.23. The van der Waals surface area contributed by atoms with E-state index in [9.17, 15) is 0 Å². The fourth-order valence-corrected chi connectivity index (χ4v) is 1.59. The van der Waals surface area contributed by atoms with Crippen molar-refractivity contribution in [3.8, 4) is 0 Å². The topological polar surface area (TPSA) is 41.6 Å². The predicted molar refractivity (Wildman–Crippen MR) is 51.4 cm³/mol. The fourth-order valence-electron chi connectivity index (χ4n) is 1.59. The molecule has 0 aliphatic carbocycles. The number of hydrogen-bond donors (Lipinski definition) is 1. The summed E-state index contributed by atoms with van der Waals surface area (Å²) in [5, 5.41) is 2.27. The third-order valence-electron chi connectivity index (χ3n) is 2.21. The minimum atomic E-state index is 1.02. The Balaban J connectivity index is 2.65. The van der Waals surface area contributed by atoms with Crippen LogP contribution in [0.15, 0.2) is 36.9 Å². The maximum absolute atomic E-state index is 4.23. The molecule has 1 N–H and O–H groups in total. The normalized spacial score (nSPS) is 11.1. The first-order valence-electron chi connectivity index (χ1n) is 4.11. The van der Waals surface area contributed by atoms with Gasteiger partial charge in [-0.1, -0.05) is 0 Å². The summed E-state index contributed by atoms with van der Waals surface area (Å²) in [6.07, 6.45) is 5.35. The number of fused-ring (bicyclic) bond motifs is 3. The summed E-state index contributed by atoms with van der Waals surface area (Å²) >= 11 is 0. The highest BCUT2D eigenvalue weighted by atomic mass is 14.8. The molecule has 2 aromatic heterocycles. The van der Waals surface area contributed by atoms with E-state index in [4.69, 9.17) is 0 Å². The van der Waals surface area contributed by atoms with E-state index in [-0.39, 0.29) is 0 Å². The lowest BCUT2D eigenvalue weighted by Crippen LogP contribution is -1.80. The number of aromatic nitrogens is 3. The monoisotopic (exact) mass is 169 g/mol. The van der Waals surface area contributed by atoms with Gasteiger partial charge in [0.25, 0.3) is 0 Å². The number of H-pyrrole nitrogens is 1. The van der Waals surface area contributed by atoms with Gasteiger partial charge in [0, 0.05) is 23.2 Å². The zero-order valence-electron chi connectivity index (χ0n) is 6.86. The smallest absolute Gasteiger partial charge is 0.0923 e. The third-order valence-corrected chi connectivity index (χ3v) is 2.21. The summed E-state index contributed by atoms with van der Waals surface area (Å²) in [5.41, 5.74) is 2.12. The van der Waals surface area contributed by atoms with Gasteiger partial charge in [-0.3, -0.25) is 4.98 Å². The third kappa shape index (κ3) is 0.839. The molecule has 3 heteroatoms. The highest BCUT2D eigenvalue weighted by Crippen LogP contribution is 2.21. The molecule has 13 heavy (non-hydrogen) atoms. The van der Waals surface area contributed by atoms with Crippen LogP contribution in [0.2, 0.25) is 0 Å². The van der Waals surface area contributed by atoms with E-state index in [1.54, 1.807) is 6.33 Å². The molecule has 0 amide bonds. The Labute approximate surface area is 74.4 Å². The highest BCUT2D eigenvalue weighted by molar-refractivity contribution is 6.03. The number of hydrogen-bond acceptors (Lipinski definition) is 2. The van der Waals surface area contributed by atoms with Crippen molar-refractivity contribution in [2.75, 3.05) is 0 Å². The van der Waals surface area contributed by atoms with Gasteiger partial charge < -0.3 is 4.98 Å². The standard InChI is InChI=1S/C10H7N3/c1-2-9-8(3-4-12-9)10-7(1)5-11-6-13-10/h1-6H,(H,11,13). The average molecular weight is 169 g/mol. The van der Waals surface area contributed by atoms with E-state index in [0.717, 1.165) is 21.8 Å². The minimum absolute atomic E-state index is 1.02. The van der Waals surface area contributed by atoms with E-state index >= 15 is 0 Å². The van der Waals surface area contributed by atoms with Crippen LogP contribution in [0, 0.1) is 0 Å². The van der Waals surface area contributed by atoms with E-state index in [0.29, 0.717) is 0 Å². The summed E-state index contributed by atoms with van der Waals surface area (Å²) in [7, 11) is 0. The summed E-state index contributed by atoms with van der Waals surface area (Å²) in [4.78, 5) is 11.4. The first-order valence-corrected chi connectivity index (χ1v) is 4.11. The molecule has 0 saturated carbocycles. The molecule has 0 fully saturated rings. The van der Waals surface area contributed by atoms with Crippen LogP contribution in [0.25, 0.3) is 21.8 Å². The molecule has 3 nitrogen and oxygen atoms in total. The molecule has 2 heterocycles. The highest BCUT2D eigenvalue weighted by Gasteiger charge is 2.00. The molecule has 1 aromatic carbocycles. The number of rotatable bonds is 0. The molecular weight excluding hydrogens is 162 g/mol. The molecule has 0 spiro atoms. The Kier molecular flexibility index (Phi) is 1.16. The van der Waals surface area contributed by atoms with Gasteiger partial charge in [-0.25, -0.2) is 4.98 Å². The molecule has 3 rings (SSSR count). The van der Waals surface area contributed by atoms with Crippen LogP contribution in [0.5, 0.6) is 0 Å². The van der Waals surface area contributed by atoms with E-state index < -0.39 is 0 Å². The summed E-state index contributed by atoms with van der Waals surface area (Å²) < 4.78 is 0. The quantitative estimate of drug-likeness (QED) is 0.560. The Morgan fingerprint density at radius 3 is 3.15 bits per heavy atom. The molecule has 0 atom stereocenters. The zero-order valence-corrected chi connectivity index (χ0v) is 6.86. The molecule has 0 unspecified atom stereocenters. The molecule has 0 aliphatic heterocycles. The van der Waals surface area contributed by atoms with Crippen molar-refractivity contribution in [3.05, 3.63) is 36.9 Å². The van der Waals surface area contributed by atoms with Gasteiger partial charge in [0.2, 0.25) is 0 Å². The first-order chi connectivity index (χ1) is 6.45. The molecule has 0 radical (unpaired) electrons. The second-order valence-electron chi connectivity index (χ2n) is 2.96. The predicted octanol–water partition coefficient (Wildman–Crippen LogP) is 2.11. The first kappa shape index (κ1) is 6.60. The number of benzene rings is 1.